The minimum Gasteiger partial charge on any atom is -0.389 e. The van der Waals surface area contributed by atoms with Crippen LogP contribution in [0.5, 0.6) is 0 Å². The number of benzene rings is 1. The van der Waals surface area contributed by atoms with E-state index in [0.717, 1.165) is 36.7 Å². The van der Waals surface area contributed by atoms with E-state index in [4.69, 9.17) is 5.21 Å². The summed E-state index contributed by atoms with van der Waals surface area (Å²) < 4.78 is 14.6. The molecule has 0 radical (unpaired) electrons. The normalized spacial score (nSPS) is 38.6. The summed E-state index contributed by atoms with van der Waals surface area (Å²) in [6.07, 6.45) is 5.85. The van der Waals surface area contributed by atoms with Gasteiger partial charge in [0.25, 0.3) is 5.91 Å². The summed E-state index contributed by atoms with van der Waals surface area (Å²) in [6, 6.07) is 3.06. The van der Waals surface area contributed by atoms with Crippen molar-refractivity contribution in [2.45, 2.75) is 63.6 Å². The third-order valence-corrected chi connectivity index (χ3v) is 8.08. The van der Waals surface area contributed by atoms with Crippen LogP contribution in [0.1, 0.15) is 60.5 Å². The van der Waals surface area contributed by atoms with Crippen LogP contribution in [0.3, 0.4) is 0 Å². The Bertz CT molecular complexity index is 797. The number of fused-ring (bicyclic) bond motifs is 1. The molecule has 1 aliphatic heterocycles. The van der Waals surface area contributed by atoms with E-state index in [0.29, 0.717) is 36.9 Å². The first kappa shape index (κ1) is 18.5. The average molecular weight is 388 g/mol. The van der Waals surface area contributed by atoms with Crippen molar-refractivity contribution in [2.75, 3.05) is 6.54 Å². The Balaban J connectivity index is 1.38. The molecule has 0 saturated heterocycles. The summed E-state index contributed by atoms with van der Waals surface area (Å²) in [5.74, 6) is 2.10. The number of β-amino-alcohol motifs (C(OH)–C–C–N with tert-alkyl or cyclic N) is 1. The van der Waals surface area contributed by atoms with Crippen molar-refractivity contribution >= 4 is 5.91 Å². The highest BCUT2D eigenvalue weighted by Crippen LogP contribution is 2.65. The zero-order chi connectivity index (χ0) is 19.6. The fourth-order valence-electron chi connectivity index (χ4n) is 6.83. The van der Waals surface area contributed by atoms with Crippen molar-refractivity contribution in [1.82, 2.24) is 10.4 Å². The van der Waals surface area contributed by atoms with Gasteiger partial charge in [-0.2, -0.15) is 0 Å². The van der Waals surface area contributed by atoms with Gasteiger partial charge in [-0.3, -0.25) is 14.9 Å². The number of rotatable bonds is 4. The Hall–Kier alpha value is -1.50. The average Bonchev–Trinajstić information content (AvgIpc) is 2.63. The fourth-order valence-corrected chi connectivity index (χ4v) is 6.83. The monoisotopic (exact) mass is 388 g/mol. The molecule has 1 aromatic rings. The van der Waals surface area contributed by atoms with E-state index in [-0.39, 0.29) is 17.4 Å². The second kappa shape index (κ2) is 6.51. The molecule has 2 unspecified atom stereocenters. The molecule has 3 aliphatic carbocycles. The predicted octanol–water partition coefficient (Wildman–Crippen LogP) is 2.88. The molecule has 3 N–H and O–H groups in total. The highest BCUT2D eigenvalue weighted by atomic mass is 19.1. The minimum absolute atomic E-state index is 0.128. The molecule has 1 heterocycles. The van der Waals surface area contributed by atoms with Crippen LogP contribution < -0.4 is 5.48 Å². The quantitative estimate of drug-likeness (QED) is 0.548. The number of amides is 1. The SMILES string of the molecule is CC[C@H]1Cc2c(F)cc(C(=O)NO)cc2CN1CC1(O)CC2CC3CC(C1)C32. The number of nitrogens with one attached hydrogen (secondary N) is 1. The van der Waals surface area contributed by atoms with E-state index in [2.05, 4.69) is 11.8 Å². The van der Waals surface area contributed by atoms with Crippen LogP contribution in [-0.2, 0) is 13.0 Å². The zero-order valence-corrected chi connectivity index (χ0v) is 16.3. The molecule has 0 aromatic heterocycles. The molecule has 28 heavy (non-hydrogen) atoms. The summed E-state index contributed by atoms with van der Waals surface area (Å²) in [5, 5.41) is 20.3. The molecule has 5 nitrogen and oxygen atoms in total. The van der Waals surface area contributed by atoms with Gasteiger partial charge in [0.2, 0.25) is 0 Å². The van der Waals surface area contributed by atoms with Crippen LogP contribution in [0, 0.1) is 29.5 Å². The van der Waals surface area contributed by atoms with Crippen molar-refractivity contribution in [2.24, 2.45) is 23.7 Å². The second-order valence-electron chi connectivity index (χ2n) is 9.67. The van der Waals surface area contributed by atoms with E-state index in [1.54, 1.807) is 11.5 Å². The van der Waals surface area contributed by atoms with Gasteiger partial charge >= 0.3 is 0 Å². The lowest BCUT2D eigenvalue weighted by Gasteiger charge is -2.65. The lowest BCUT2D eigenvalue weighted by molar-refractivity contribution is -0.195. The predicted molar refractivity (Wildman–Crippen MR) is 101 cm³/mol. The number of aliphatic hydroxyl groups is 1. The van der Waals surface area contributed by atoms with Gasteiger partial charge in [-0.1, -0.05) is 6.92 Å². The molecule has 3 saturated carbocycles. The Morgan fingerprint density at radius 2 is 2.00 bits per heavy atom. The molecule has 6 heteroatoms. The number of carbonyl (C=O) groups is 1. The van der Waals surface area contributed by atoms with E-state index in [1.165, 1.54) is 18.9 Å². The molecule has 1 amide bonds. The third kappa shape index (κ3) is 2.80. The van der Waals surface area contributed by atoms with Crippen LogP contribution in [0.15, 0.2) is 12.1 Å². The number of hydrogen-bond acceptors (Lipinski definition) is 4. The number of halogens is 1. The zero-order valence-electron chi connectivity index (χ0n) is 16.3. The Kier molecular flexibility index (Phi) is 4.30. The largest absolute Gasteiger partial charge is 0.389 e. The second-order valence-corrected chi connectivity index (χ2v) is 9.67. The summed E-state index contributed by atoms with van der Waals surface area (Å²) >= 11 is 0. The molecular weight excluding hydrogens is 359 g/mol. The van der Waals surface area contributed by atoms with Crippen molar-refractivity contribution in [3.8, 4) is 0 Å². The topological polar surface area (TPSA) is 72.8 Å². The molecule has 5 rings (SSSR count). The maximum atomic E-state index is 14.6. The smallest absolute Gasteiger partial charge is 0.274 e. The van der Waals surface area contributed by atoms with Crippen molar-refractivity contribution in [3.05, 3.63) is 34.6 Å². The van der Waals surface area contributed by atoms with E-state index >= 15 is 0 Å². The molecule has 3 atom stereocenters. The van der Waals surface area contributed by atoms with Gasteiger partial charge in [0.05, 0.1) is 5.60 Å². The maximum absolute atomic E-state index is 14.6. The standard InChI is InChI=1S/C22H29FN2O3/c1-2-17-7-18-16(5-13(6-19(18)23)21(26)24-28)10-25(17)11-22(27)8-14-3-12-4-15(9-22)20(12)14/h5-6,12,14-15,17,20,27-28H,2-4,7-11H2,1H3,(H,24,26)/t12?,14?,15?,17-,20?,22?/m0/s1. The summed E-state index contributed by atoms with van der Waals surface area (Å²) in [7, 11) is 0. The molecule has 0 spiro atoms. The summed E-state index contributed by atoms with van der Waals surface area (Å²) in [5.41, 5.74) is 2.51. The summed E-state index contributed by atoms with van der Waals surface area (Å²) in [4.78, 5) is 14.0. The van der Waals surface area contributed by atoms with Crippen LogP contribution in [-0.4, -0.2) is 39.3 Å². The van der Waals surface area contributed by atoms with Crippen LogP contribution >= 0.6 is 0 Å². The first-order valence-electron chi connectivity index (χ1n) is 10.6. The summed E-state index contributed by atoms with van der Waals surface area (Å²) in [6.45, 7) is 3.26. The molecule has 4 aliphatic rings. The third-order valence-electron chi connectivity index (χ3n) is 8.08. The van der Waals surface area contributed by atoms with Gasteiger partial charge in [-0.25, -0.2) is 9.87 Å². The van der Waals surface area contributed by atoms with Crippen LogP contribution in [0.2, 0.25) is 0 Å². The number of nitrogens with zero attached hydrogens (tertiary/aromatic N) is 1. The Labute approximate surface area is 164 Å². The lowest BCUT2D eigenvalue weighted by Crippen LogP contribution is -2.62. The molecule has 152 valence electrons. The van der Waals surface area contributed by atoms with Gasteiger partial charge in [-0.05, 0) is 85.5 Å². The van der Waals surface area contributed by atoms with Gasteiger partial charge in [0, 0.05) is 24.7 Å². The van der Waals surface area contributed by atoms with Crippen LogP contribution in [0.4, 0.5) is 4.39 Å². The Morgan fingerprint density at radius 1 is 1.29 bits per heavy atom. The van der Waals surface area contributed by atoms with Crippen molar-refractivity contribution in [3.63, 3.8) is 0 Å². The van der Waals surface area contributed by atoms with Crippen molar-refractivity contribution < 1.29 is 19.5 Å². The molecule has 3 fully saturated rings. The first-order valence-corrected chi connectivity index (χ1v) is 10.6. The van der Waals surface area contributed by atoms with Gasteiger partial charge in [0.15, 0.2) is 0 Å². The highest BCUT2D eigenvalue weighted by molar-refractivity contribution is 5.93. The van der Waals surface area contributed by atoms with Crippen LogP contribution in [0.25, 0.3) is 0 Å². The van der Waals surface area contributed by atoms with Gasteiger partial charge < -0.3 is 5.11 Å². The Morgan fingerprint density at radius 3 is 2.61 bits per heavy atom. The van der Waals surface area contributed by atoms with E-state index in [9.17, 15) is 14.3 Å². The maximum Gasteiger partial charge on any atom is 0.274 e. The minimum atomic E-state index is -0.702. The molecule has 0 bridgehead atoms. The molecule has 1 aromatic carbocycles. The number of carbonyl (C=O) groups excluding carboxylic acids is 1. The van der Waals surface area contributed by atoms with Crippen molar-refractivity contribution in [1.29, 1.82) is 0 Å². The first-order chi connectivity index (χ1) is 13.4. The van der Waals surface area contributed by atoms with Gasteiger partial charge in [0.1, 0.15) is 5.82 Å². The molecular formula is C22H29FN2O3. The van der Waals surface area contributed by atoms with Gasteiger partial charge in [-0.15, -0.1) is 0 Å². The number of hydrogen-bond donors (Lipinski definition) is 3. The van der Waals surface area contributed by atoms with E-state index in [1.807, 2.05) is 0 Å². The fraction of sp³-hybridized carbons (Fsp3) is 0.682. The number of hydroxylamine groups is 1. The van der Waals surface area contributed by atoms with E-state index < -0.39 is 11.5 Å². The lowest BCUT2D eigenvalue weighted by atomic mass is 9.41. The highest BCUT2D eigenvalue weighted by Gasteiger charge is 2.60.